The van der Waals surface area contributed by atoms with E-state index in [1.54, 1.807) is 0 Å². The number of anilines is 1. The highest BCUT2D eigenvalue weighted by molar-refractivity contribution is 7.89. The van der Waals surface area contributed by atoms with Crippen LogP contribution in [0.5, 0.6) is 0 Å². The van der Waals surface area contributed by atoms with Crippen molar-refractivity contribution in [2.45, 2.75) is 42.4 Å². The van der Waals surface area contributed by atoms with Crippen LogP contribution in [0.15, 0.2) is 23.1 Å². The number of nitrogens with one attached hydrogen (secondary N) is 1. The summed E-state index contributed by atoms with van der Waals surface area (Å²) in [6, 6.07) is 5.88. The molecule has 2 aliphatic heterocycles. The number of nitrogens with two attached hydrogens (primary N) is 1. The number of fused-ring (bicyclic) bond motifs is 2. The van der Waals surface area contributed by atoms with Gasteiger partial charge in [-0.25, -0.2) is 13.1 Å². The Hall–Kier alpha value is -1.62. The van der Waals surface area contributed by atoms with E-state index < -0.39 is 10.0 Å². The molecule has 20 heavy (non-hydrogen) atoms. The van der Waals surface area contributed by atoms with E-state index in [-0.39, 0.29) is 28.7 Å². The molecule has 106 valence electrons. The molecule has 0 radical (unpaired) electrons. The van der Waals surface area contributed by atoms with E-state index in [2.05, 4.69) is 4.72 Å². The first-order chi connectivity index (χ1) is 9.49. The van der Waals surface area contributed by atoms with Crippen LogP contribution in [0, 0.1) is 11.3 Å². The monoisotopic (exact) mass is 293 g/mol. The molecule has 2 bridgehead atoms. The number of nitrogen functional groups attached to an aromatic ring is 1. The molecule has 6 nitrogen and oxygen atoms in total. The van der Waals surface area contributed by atoms with Crippen molar-refractivity contribution in [3.63, 3.8) is 0 Å². The third-order valence-electron chi connectivity index (χ3n) is 3.83. The number of sulfonamides is 1. The van der Waals surface area contributed by atoms with E-state index in [4.69, 9.17) is 15.7 Å². The summed E-state index contributed by atoms with van der Waals surface area (Å²) in [7, 11) is -3.73. The van der Waals surface area contributed by atoms with Gasteiger partial charge in [-0.3, -0.25) is 0 Å². The van der Waals surface area contributed by atoms with Gasteiger partial charge in [0.05, 0.1) is 28.7 Å². The fourth-order valence-electron chi connectivity index (χ4n) is 2.89. The number of nitriles is 1. The van der Waals surface area contributed by atoms with Crippen molar-refractivity contribution in [1.82, 2.24) is 4.72 Å². The molecule has 3 N–H and O–H groups in total. The van der Waals surface area contributed by atoms with Crippen molar-refractivity contribution >= 4 is 15.7 Å². The Kier molecular flexibility index (Phi) is 3.17. The predicted octanol–water partition coefficient (Wildman–Crippen LogP) is 0.739. The smallest absolute Gasteiger partial charge is 0.242 e. The molecule has 0 aliphatic carbocycles. The molecule has 2 saturated heterocycles. The highest BCUT2D eigenvalue weighted by atomic mass is 32.2. The van der Waals surface area contributed by atoms with Gasteiger partial charge in [-0.1, -0.05) is 0 Å². The van der Waals surface area contributed by atoms with Gasteiger partial charge in [0.1, 0.15) is 6.07 Å². The highest BCUT2D eigenvalue weighted by Crippen LogP contribution is 2.35. The zero-order valence-corrected chi connectivity index (χ0v) is 11.6. The first kappa shape index (κ1) is 13.4. The van der Waals surface area contributed by atoms with Crippen molar-refractivity contribution in [2.24, 2.45) is 0 Å². The van der Waals surface area contributed by atoms with Crippen LogP contribution in [0.2, 0.25) is 0 Å². The van der Waals surface area contributed by atoms with Crippen LogP contribution in [0.4, 0.5) is 5.69 Å². The first-order valence-corrected chi connectivity index (χ1v) is 7.95. The number of benzene rings is 1. The molecule has 2 aliphatic rings. The zero-order chi connectivity index (χ0) is 14.3. The molecule has 3 rings (SSSR count). The molecular weight excluding hydrogens is 278 g/mol. The SMILES string of the molecule is N#Cc1cc(N)ccc1S(=O)(=O)NC1CC2CCC1O2. The maximum Gasteiger partial charge on any atom is 0.242 e. The molecule has 0 amide bonds. The number of hydrogen-bond donors (Lipinski definition) is 2. The van der Waals surface area contributed by atoms with Gasteiger partial charge in [0.15, 0.2) is 0 Å². The van der Waals surface area contributed by atoms with Crippen LogP contribution >= 0.6 is 0 Å². The van der Waals surface area contributed by atoms with Crippen LogP contribution < -0.4 is 10.5 Å². The maximum absolute atomic E-state index is 12.4. The normalized spacial score (nSPS) is 28.4. The Morgan fingerprint density at radius 3 is 2.80 bits per heavy atom. The Bertz CT molecular complexity index is 681. The Labute approximate surface area is 117 Å². The van der Waals surface area contributed by atoms with Gasteiger partial charge in [0.25, 0.3) is 0 Å². The molecule has 0 spiro atoms. The number of hydrogen-bond acceptors (Lipinski definition) is 5. The van der Waals surface area contributed by atoms with Gasteiger partial charge in [0, 0.05) is 5.69 Å². The second-order valence-electron chi connectivity index (χ2n) is 5.20. The molecule has 1 aromatic carbocycles. The van der Waals surface area contributed by atoms with Gasteiger partial charge < -0.3 is 10.5 Å². The van der Waals surface area contributed by atoms with Crippen molar-refractivity contribution < 1.29 is 13.2 Å². The molecule has 2 fully saturated rings. The van der Waals surface area contributed by atoms with E-state index in [0.29, 0.717) is 12.1 Å². The molecule has 2 heterocycles. The molecule has 3 atom stereocenters. The fraction of sp³-hybridized carbons (Fsp3) is 0.462. The summed E-state index contributed by atoms with van der Waals surface area (Å²) < 4.78 is 33.1. The van der Waals surface area contributed by atoms with Crippen molar-refractivity contribution in [3.05, 3.63) is 23.8 Å². The molecule has 0 aromatic heterocycles. The van der Waals surface area contributed by atoms with Crippen molar-refractivity contribution in [3.8, 4) is 6.07 Å². The average Bonchev–Trinajstić information content (AvgIpc) is 2.99. The summed E-state index contributed by atoms with van der Waals surface area (Å²) in [5.41, 5.74) is 5.99. The number of nitrogens with zero attached hydrogens (tertiary/aromatic N) is 1. The molecule has 1 aromatic rings. The van der Waals surface area contributed by atoms with E-state index in [1.807, 2.05) is 6.07 Å². The van der Waals surface area contributed by atoms with E-state index >= 15 is 0 Å². The minimum absolute atomic E-state index is 0.0306. The van der Waals surface area contributed by atoms with Crippen LogP contribution in [-0.2, 0) is 14.8 Å². The van der Waals surface area contributed by atoms with Crippen LogP contribution in [0.25, 0.3) is 0 Å². The quantitative estimate of drug-likeness (QED) is 0.800. The van der Waals surface area contributed by atoms with Gasteiger partial charge >= 0.3 is 0 Å². The maximum atomic E-state index is 12.4. The lowest BCUT2D eigenvalue weighted by atomic mass is 9.96. The third-order valence-corrected chi connectivity index (χ3v) is 5.37. The highest BCUT2D eigenvalue weighted by Gasteiger charge is 2.42. The van der Waals surface area contributed by atoms with Gasteiger partial charge in [-0.05, 0) is 37.5 Å². The second-order valence-corrected chi connectivity index (χ2v) is 6.89. The second kappa shape index (κ2) is 4.74. The van der Waals surface area contributed by atoms with Crippen LogP contribution in [-0.4, -0.2) is 26.7 Å². The lowest BCUT2D eigenvalue weighted by Crippen LogP contribution is -2.41. The lowest BCUT2D eigenvalue weighted by molar-refractivity contribution is 0.0996. The summed E-state index contributed by atoms with van der Waals surface area (Å²) in [4.78, 5) is -0.0306. The largest absolute Gasteiger partial charge is 0.399 e. The van der Waals surface area contributed by atoms with Gasteiger partial charge in [0.2, 0.25) is 10.0 Å². The molecule has 0 saturated carbocycles. The van der Waals surface area contributed by atoms with Crippen LogP contribution in [0.1, 0.15) is 24.8 Å². The van der Waals surface area contributed by atoms with Crippen molar-refractivity contribution in [2.75, 3.05) is 5.73 Å². The zero-order valence-electron chi connectivity index (χ0n) is 10.7. The summed E-state index contributed by atoms with van der Waals surface area (Å²) in [5, 5.41) is 9.05. The molecule has 3 unspecified atom stereocenters. The fourth-order valence-corrected chi connectivity index (χ4v) is 4.31. The number of ether oxygens (including phenoxy) is 1. The van der Waals surface area contributed by atoms with E-state index in [1.165, 1.54) is 18.2 Å². The number of rotatable bonds is 3. The average molecular weight is 293 g/mol. The topological polar surface area (TPSA) is 105 Å². The predicted molar refractivity (Wildman–Crippen MR) is 72.2 cm³/mol. The minimum Gasteiger partial charge on any atom is -0.399 e. The molecular formula is C13H15N3O3S. The standard InChI is InChI=1S/C13H15N3O3S/c14-7-8-5-9(15)1-4-13(8)20(17,18)16-11-6-10-2-3-12(11)19-10/h1,4-5,10-12,16H,2-3,6,15H2. The van der Waals surface area contributed by atoms with E-state index in [0.717, 1.165) is 12.8 Å². The summed E-state index contributed by atoms with van der Waals surface area (Å²) in [6.07, 6.45) is 2.68. The minimum atomic E-state index is -3.73. The van der Waals surface area contributed by atoms with Gasteiger partial charge in [-0.15, -0.1) is 0 Å². The Morgan fingerprint density at radius 1 is 1.40 bits per heavy atom. The lowest BCUT2D eigenvalue weighted by Gasteiger charge is -2.20. The third kappa shape index (κ3) is 2.26. The van der Waals surface area contributed by atoms with Gasteiger partial charge in [-0.2, -0.15) is 5.26 Å². The summed E-state index contributed by atoms with van der Waals surface area (Å²) in [5.74, 6) is 0. The summed E-state index contributed by atoms with van der Waals surface area (Å²) in [6.45, 7) is 0. The van der Waals surface area contributed by atoms with E-state index in [9.17, 15) is 8.42 Å². The Morgan fingerprint density at radius 2 is 2.20 bits per heavy atom. The first-order valence-electron chi connectivity index (χ1n) is 6.47. The van der Waals surface area contributed by atoms with Crippen LogP contribution in [0.3, 0.4) is 0 Å². The van der Waals surface area contributed by atoms with Crippen molar-refractivity contribution in [1.29, 1.82) is 5.26 Å². The Balaban J connectivity index is 1.87. The molecule has 7 heteroatoms. The summed E-state index contributed by atoms with van der Waals surface area (Å²) >= 11 is 0.